The van der Waals surface area contributed by atoms with Gasteiger partial charge in [-0.05, 0) is 18.6 Å². The Morgan fingerprint density at radius 3 is 2.47 bits per heavy atom. The second-order valence-electron chi connectivity index (χ2n) is 3.63. The Hall–Kier alpha value is -1.79. The molecule has 0 spiro atoms. The van der Waals surface area contributed by atoms with Gasteiger partial charge in [-0.3, -0.25) is 4.79 Å². The smallest absolute Gasteiger partial charge is 0.256 e. The van der Waals surface area contributed by atoms with Crippen molar-refractivity contribution in [3.8, 4) is 0 Å². The van der Waals surface area contributed by atoms with Crippen molar-refractivity contribution in [2.75, 3.05) is 14.2 Å². The van der Waals surface area contributed by atoms with Crippen LogP contribution in [0.3, 0.4) is 0 Å². The van der Waals surface area contributed by atoms with Gasteiger partial charge in [0.1, 0.15) is 12.7 Å². The van der Waals surface area contributed by atoms with Gasteiger partial charge in [0.15, 0.2) is 0 Å². The molecule has 0 N–H and O–H groups in total. The summed E-state index contributed by atoms with van der Waals surface area (Å²) in [5, 5.41) is 3.97. The zero-order valence-electron chi connectivity index (χ0n) is 9.88. The summed E-state index contributed by atoms with van der Waals surface area (Å²) in [5.41, 5.74) is 1.30. The molecular formula is C11H13N3O3. The van der Waals surface area contributed by atoms with E-state index in [1.807, 2.05) is 0 Å². The molecule has 0 fully saturated rings. The zero-order valence-corrected chi connectivity index (χ0v) is 9.88. The van der Waals surface area contributed by atoms with Crippen LogP contribution in [0.15, 0.2) is 30.4 Å². The minimum absolute atomic E-state index is 0.270. The number of hydrogen-bond acceptors (Lipinski definition) is 5. The molecule has 90 valence electrons. The van der Waals surface area contributed by atoms with E-state index in [0.717, 1.165) is 0 Å². The average molecular weight is 235 g/mol. The molecule has 6 heteroatoms. The second-order valence-corrected chi connectivity index (χ2v) is 3.63. The van der Waals surface area contributed by atoms with Crippen LogP contribution >= 0.6 is 0 Å². The first-order valence-electron chi connectivity index (χ1n) is 5.04. The van der Waals surface area contributed by atoms with Crippen LogP contribution in [0.25, 0.3) is 5.70 Å². The lowest BCUT2D eigenvalue weighted by molar-refractivity contribution is -0.185. The number of ether oxygens (including phenoxy) is 2. The molecule has 6 nitrogen and oxygen atoms in total. The molecule has 0 amide bonds. The number of hydrogen-bond donors (Lipinski definition) is 0. The molecule has 0 atom stereocenters. The van der Waals surface area contributed by atoms with Crippen LogP contribution in [0.1, 0.15) is 6.92 Å². The first-order valence-corrected chi connectivity index (χ1v) is 5.04. The minimum atomic E-state index is -1.32. The summed E-state index contributed by atoms with van der Waals surface area (Å²) in [6.45, 7) is 1.77. The van der Waals surface area contributed by atoms with Crippen LogP contribution in [-0.2, 0) is 14.3 Å². The normalized spacial score (nSPS) is 18.9. The Bertz CT molecular complexity index is 484. The fourth-order valence-electron chi connectivity index (χ4n) is 1.86. The largest absolute Gasteiger partial charge is 0.343 e. The molecule has 17 heavy (non-hydrogen) atoms. The third kappa shape index (κ3) is 1.71. The van der Waals surface area contributed by atoms with E-state index in [4.69, 9.17) is 9.47 Å². The van der Waals surface area contributed by atoms with Crippen LogP contribution < -0.4 is 0 Å². The topological polar surface area (TPSA) is 66.2 Å². The Morgan fingerprint density at radius 2 is 2.00 bits per heavy atom. The molecule has 1 aromatic heterocycles. The molecule has 0 radical (unpaired) electrons. The van der Waals surface area contributed by atoms with Crippen LogP contribution in [0.5, 0.6) is 0 Å². The highest BCUT2D eigenvalue weighted by molar-refractivity contribution is 6.05. The number of rotatable bonds is 3. The van der Waals surface area contributed by atoms with Gasteiger partial charge in [0.05, 0.1) is 5.70 Å². The van der Waals surface area contributed by atoms with E-state index in [1.54, 1.807) is 13.0 Å². The molecule has 2 rings (SSSR count). The zero-order chi connectivity index (χ0) is 12.5. The Kier molecular flexibility index (Phi) is 2.91. The van der Waals surface area contributed by atoms with Crippen molar-refractivity contribution in [1.82, 2.24) is 14.8 Å². The lowest BCUT2D eigenvalue weighted by Crippen LogP contribution is -2.44. The number of nitrogens with zero attached hydrogens (tertiary/aromatic N) is 3. The summed E-state index contributed by atoms with van der Waals surface area (Å²) < 4.78 is 11.9. The van der Waals surface area contributed by atoms with Crippen LogP contribution in [0.4, 0.5) is 0 Å². The molecule has 1 aliphatic carbocycles. The lowest BCUT2D eigenvalue weighted by atomic mass is 9.95. The van der Waals surface area contributed by atoms with E-state index in [-0.39, 0.29) is 5.78 Å². The van der Waals surface area contributed by atoms with Gasteiger partial charge in [-0.1, -0.05) is 0 Å². The Balaban J connectivity index is 2.43. The summed E-state index contributed by atoms with van der Waals surface area (Å²) in [5.74, 6) is -1.59. The van der Waals surface area contributed by atoms with Crippen molar-refractivity contribution >= 4 is 11.5 Å². The monoisotopic (exact) mass is 235 g/mol. The average Bonchev–Trinajstić information content (AvgIpc) is 2.83. The van der Waals surface area contributed by atoms with Gasteiger partial charge >= 0.3 is 0 Å². The lowest BCUT2D eigenvalue weighted by Gasteiger charge is -2.31. The van der Waals surface area contributed by atoms with Crippen molar-refractivity contribution in [2.45, 2.75) is 12.7 Å². The molecule has 0 saturated heterocycles. The van der Waals surface area contributed by atoms with Gasteiger partial charge in [-0.15, -0.1) is 0 Å². The summed E-state index contributed by atoms with van der Waals surface area (Å²) in [7, 11) is 2.88. The predicted molar refractivity (Wildman–Crippen MR) is 59.8 cm³/mol. The molecule has 0 aliphatic heterocycles. The van der Waals surface area contributed by atoms with Crippen molar-refractivity contribution in [3.63, 3.8) is 0 Å². The molecule has 0 saturated carbocycles. The number of allylic oxidation sites excluding steroid dienone is 2. The van der Waals surface area contributed by atoms with E-state index >= 15 is 0 Å². The number of carbonyl (C=O) groups excluding carboxylic acids is 1. The fraction of sp³-hybridized carbons (Fsp3) is 0.364. The number of carbonyl (C=O) groups is 1. The van der Waals surface area contributed by atoms with E-state index in [0.29, 0.717) is 11.3 Å². The summed E-state index contributed by atoms with van der Waals surface area (Å²) in [4.78, 5) is 15.9. The summed E-state index contributed by atoms with van der Waals surface area (Å²) in [6.07, 6.45) is 6.14. The highest BCUT2D eigenvalue weighted by Crippen LogP contribution is 2.30. The van der Waals surface area contributed by atoms with Crippen molar-refractivity contribution < 1.29 is 14.3 Å². The number of ketones is 1. The standard InChI is InChI=1S/C11H13N3O3/c1-8-4-9(14-7-12-6-13-14)5-10(15)11(8,16-2)17-3/h4-7H,1-3H3. The fourth-order valence-corrected chi connectivity index (χ4v) is 1.86. The first kappa shape index (κ1) is 11.7. The minimum Gasteiger partial charge on any atom is -0.343 e. The third-order valence-electron chi connectivity index (χ3n) is 2.75. The molecular weight excluding hydrogens is 222 g/mol. The molecule has 0 unspecified atom stereocenters. The van der Waals surface area contributed by atoms with E-state index in [2.05, 4.69) is 10.1 Å². The number of aromatic nitrogens is 3. The van der Waals surface area contributed by atoms with Crippen molar-refractivity contribution in [3.05, 3.63) is 30.4 Å². The number of methoxy groups -OCH3 is 2. The quantitative estimate of drug-likeness (QED) is 0.719. The van der Waals surface area contributed by atoms with E-state index in [9.17, 15) is 4.79 Å². The van der Waals surface area contributed by atoms with Gasteiger partial charge in [-0.25, -0.2) is 9.67 Å². The van der Waals surface area contributed by atoms with E-state index in [1.165, 1.54) is 37.6 Å². The maximum Gasteiger partial charge on any atom is 0.256 e. The van der Waals surface area contributed by atoms with Crippen LogP contribution in [0, 0.1) is 0 Å². The van der Waals surface area contributed by atoms with E-state index < -0.39 is 5.79 Å². The molecule has 1 heterocycles. The SMILES string of the molecule is COC1(OC)C(=O)C=C(n2cncn2)C=C1C. The first-order chi connectivity index (χ1) is 8.14. The van der Waals surface area contributed by atoms with Crippen molar-refractivity contribution in [2.24, 2.45) is 0 Å². The summed E-state index contributed by atoms with van der Waals surface area (Å²) >= 11 is 0. The van der Waals surface area contributed by atoms with Crippen LogP contribution in [-0.4, -0.2) is 40.6 Å². The van der Waals surface area contributed by atoms with Crippen LogP contribution in [0.2, 0.25) is 0 Å². The van der Waals surface area contributed by atoms with Gasteiger partial charge < -0.3 is 9.47 Å². The molecule has 1 aliphatic rings. The second kappa shape index (κ2) is 4.23. The highest BCUT2D eigenvalue weighted by Gasteiger charge is 2.42. The van der Waals surface area contributed by atoms with Crippen molar-refractivity contribution in [1.29, 1.82) is 0 Å². The summed E-state index contributed by atoms with van der Waals surface area (Å²) in [6, 6.07) is 0. The van der Waals surface area contributed by atoms with Gasteiger partial charge in [-0.2, -0.15) is 5.10 Å². The molecule has 1 aromatic rings. The third-order valence-corrected chi connectivity index (χ3v) is 2.75. The van der Waals surface area contributed by atoms with Gasteiger partial charge in [0, 0.05) is 20.3 Å². The molecule has 0 bridgehead atoms. The maximum atomic E-state index is 12.1. The predicted octanol–water partition coefficient (Wildman–Crippen LogP) is 0.637. The maximum absolute atomic E-state index is 12.1. The van der Waals surface area contributed by atoms with Gasteiger partial charge in [0.25, 0.3) is 5.79 Å². The molecule has 0 aromatic carbocycles. The Morgan fingerprint density at radius 1 is 1.29 bits per heavy atom. The Labute approximate surface area is 98.5 Å². The van der Waals surface area contributed by atoms with Gasteiger partial charge in [0.2, 0.25) is 5.78 Å². The highest BCUT2D eigenvalue weighted by atomic mass is 16.7.